The van der Waals surface area contributed by atoms with Crippen LogP contribution in [0.1, 0.15) is 111 Å². The van der Waals surface area contributed by atoms with Gasteiger partial charge in [-0.25, -0.2) is 14.6 Å². The normalized spacial score (nSPS) is 18.5. The number of amides is 3. The van der Waals surface area contributed by atoms with E-state index in [0.29, 0.717) is 85.6 Å². The lowest BCUT2D eigenvalue weighted by Crippen LogP contribution is -2.54. The summed E-state index contributed by atoms with van der Waals surface area (Å²) in [5, 5.41) is 43.7. The van der Waals surface area contributed by atoms with Crippen molar-refractivity contribution in [1.82, 2.24) is 39.4 Å². The van der Waals surface area contributed by atoms with Gasteiger partial charge in [0, 0.05) is 67.3 Å². The molecule has 2 fully saturated rings. The number of piperidine rings is 1. The predicted octanol–water partition coefficient (Wildman–Crippen LogP) is 6.56. The van der Waals surface area contributed by atoms with Crippen molar-refractivity contribution >= 4 is 34.8 Å². The van der Waals surface area contributed by atoms with Gasteiger partial charge in [0.2, 0.25) is 17.3 Å². The molecule has 0 spiro atoms. The van der Waals surface area contributed by atoms with E-state index in [0.717, 1.165) is 16.5 Å². The number of hydrogen-bond donors (Lipinski definition) is 4. The molecule has 1 unspecified atom stereocenters. The molecule has 19 nitrogen and oxygen atoms in total. The second-order valence-corrected chi connectivity index (χ2v) is 19.0. The second-order valence-electron chi connectivity index (χ2n) is 19.0. The number of pyridine rings is 2. The molecule has 0 saturated carbocycles. The lowest BCUT2D eigenvalue weighted by molar-refractivity contribution is -0.173. The van der Waals surface area contributed by atoms with Crippen LogP contribution in [0.5, 0.6) is 23.0 Å². The Balaban J connectivity index is 0.830. The number of likely N-dealkylation sites (tertiary alicyclic amines) is 2. The van der Waals surface area contributed by atoms with Gasteiger partial charge in [0.15, 0.2) is 5.82 Å². The third kappa shape index (κ3) is 7.99. The number of aryl methyl sites for hydroxylation is 1. The first kappa shape index (κ1) is 47.7. The number of benzene rings is 3. The molecule has 7 heterocycles. The molecule has 374 valence electrons. The molecule has 3 aromatic carbocycles. The fourth-order valence-electron chi connectivity index (χ4n) is 10.8. The van der Waals surface area contributed by atoms with Gasteiger partial charge in [-0.05, 0) is 104 Å². The van der Waals surface area contributed by atoms with Crippen LogP contribution in [0, 0.1) is 0 Å². The molecule has 2 atom stereocenters. The zero-order chi connectivity index (χ0) is 50.7. The molecule has 3 amide bonds. The number of ether oxygens (including phenoxy) is 3. The highest BCUT2D eigenvalue weighted by atomic mass is 16.6. The molecule has 4 N–H and O–H groups in total. The standard InChI is InChI=1S/C53H56N8O11/c1-6-33-35-22-30(62)13-16-40(35)55-45-37(33)26-60-42(45)24-39-38(49(60)66)27-70-51(68)53(39,7-2)72-52(69)59-19-9-10-41(59)50(67)58-20-17-32(18-21-58)71-31-14-11-29(12-15-31)61-46(56-57-47(61)48(65)54-8-3)36-23-34(28(4)5)43(63)25-44(36)64/h11-16,22-25,28,32,41,62-64H,6-10,17-21,26-27H2,1-5H3,(H,54,65)/t41?,53-/m0/s1. The van der Waals surface area contributed by atoms with E-state index in [2.05, 4.69) is 15.5 Å². The van der Waals surface area contributed by atoms with E-state index in [1.807, 2.05) is 20.8 Å². The summed E-state index contributed by atoms with van der Waals surface area (Å²) in [6.45, 7) is 10.6. The molecule has 4 aliphatic rings. The Kier molecular flexibility index (Phi) is 12.4. The number of aromatic hydroxyl groups is 3. The Hall–Kier alpha value is -7.96. The number of carbonyl (C=O) groups excluding carboxylic acids is 4. The number of rotatable bonds is 11. The third-order valence-electron chi connectivity index (χ3n) is 14.5. The number of aromatic nitrogens is 5. The van der Waals surface area contributed by atoms with Gasteiger partial charge in [-0.3, -0.25) is 23.9 Å². The van der Waals surface area contributed by atoms with Crippen molar-refractivity contribution in [2.24, 2.45) is 0 Å². The minimum atomic E-state index is -1.96. The fourth-order valence-corrected chi connectivity index (χ4v) is 10.8. The Bertz CT molecular complexity index is 3250. The molecule has 3 aromatic heterocycles. The minimum Gasteiger partial charge on any atom is -0.508 e. The molecule has 72 heavy (non-hydrogen) atoms. The number of carbonyl (C=O) groups is 4. The van der Waals surface area contributed by atoms with Gasteiger partial charge in [0.1, 0.15) is 41.8 Å². The molecule has 10 rings (SSSR count). The Morgan fingerprint density at radius 2 is 1.67 bits per heavy atom. The first-order chi connectivity index (χ1) is 34.7. The molecule has 19 heteroatoms. The molecular weight excluding hydrogens is 925 g/mol. The largest absolute Gasteiger partial charge is 0.508 e. The van der Waals surface area contributed by atoms with Crippen LogP contribution < -0.4 is 15.6 Å². The van der Waals surface area contributed by atoms with E-state index in [9.17, 15) is 39.3 Å². The van der Waals surface area contributed by atoms with E-state index in [4.69, 9.17) is 19.2 Å². The highest BCUT2D eigenvalue weighted by Gasteiger charge is 2.52. The lowest BCUT2D eigenvalue weighted by atomic mass is 9.85. The molecule has 2 saturated heterocycles. The number of cyclic esters (lactones) is 1. The number of fused-ring (bicyclic) bond motifs is 5. The van der Waals surface area contributed by atoms with Crippen LogP contribution in [-0.4, -0.2) is 112 Å². The average molecular weight is 981 g/mol. The molecule has 0 aliphatic carbocycles. The van der Waals surface area contributed by atoms with Crippen molar-refractivity contribution in [2.75, 3.05) is 26.2 Å². The van der Waals surface area contributed by atoms with Crippen LogP contribution in [0.4, 0.5) is 4.79 Å². The number of nitrogens with zero attached hydrogens (tertiary/aromatic N) is 7. The molecule has 0 radical (unpaired) electrons. The van der Waals surface area contributed by atoms with Crippen LogP contribution in [-0.2, 0) is 44.2 Å². The zero-order valence-corrected chi connectivity index (χ0v) is 40.7. The lowest BCUT2D eigenvalue weighted by Gasteiger charge is -2.38. The maximum atomic E-state index is 14.3. The molecular formula is C53H56N8O11. The van der Waals surface area contributed by atoms with Crippen molar-refractivity contribution in [3.05, 3.63) is 105 Å². The summed E-state index contributed by atoms with van der Waals surface area (Å²) >= 11 is 0. The third-order valence-corrected chi connectivity index (χ3v) is 14.5. The van der Waals surface area contributed by atoms with Crippen LogP contribution in [0.2, 0.25) is 0 Å². The van der Waals surface area contributed by atoms with Gasteiger partial charge in [0.05, 0.1) is 34.6 Å². The highest BCUT2D eigenvalue weighted by molar-refractivity contribution is 5.93. The van der Waals surface area contributed by atoms with Crippen molar-refractivity contribution in [3.63, 3.8) is 0 Å². The van der Waals surface area contributed by atoms with Gasteiger partial charge >= 0.3 is 12.1 Å². The fraction of sp³-hybridized carbons (Fsp3) is 0.396. The van der Waals surface area contributed by atoms with Crippen molar-refractivity contribution in [2.45, 2.75) is 110 Å². The second kappa shape index (κ2) is 18.7. The molecule has 0 bridgehead atoms. The first-order valence-electron chi connectivity index (χ1n) is 24.6. The Morgan fingerprint density at radius 3 is 2.38 bits per heavy atom. The monoisotopic (exact) mass is 980 g/mol. The van der Waals surface area contributed by atoms with Crippen molar-refractivity contribution in [3.8, 4) is 51.5 Å². The predicted molar refractivity (Wildman–Crippen MR) is 262 cm³/mol. The van der Waals surface area contributed by atoms with Crippen molar-refractivity contribution < 1.29 is 48.7 Å². The van der Waals surface area contributed by atoms with Gasteiger partial charge in [-0.15, -0.1) is 10.2 Å². The summed E-state index contributed by atoms with van der Waals surface area (Å²) in [4.78, 5) is 78.0. The summed E-state index contributed by atoms with van der Waals surface area (Å²) in [5.74, 6) is -0.975. The topological polar surface area (TPSA) is 241 Å². The smallest absolute Gasteiger partial charge is 0.411 e. The van der Waals surface area contributed by atoms with Gasteiger partial charge in [-0.1, -0.05) is 27.7 Å². The zero-order valence-electron chi connectivity index (χ0n) is 40.7. The van der Waals surface area contributed by atoms with E-state index in [1.54, 1.807) is 82.5 Å². The number of nitrogens with one attached hydrogen (secondary N) is 1. The van der Waals surface area contributed by atoms with Crippen LogP contribution >= 0.6 is 0 Å². The maximum Gasteiger partial charge on any atom is 0.411 e. The summed E-state index contributed by atoms with van der Waals surface area (Å²) in [5.41, 5.74) is 3.02. The maximum absolute atomic E-state index is 14.3. The summed E-state index contributed by atoms with van der Waals surface area (Å²) in [6.07, 6.45) is 1.47. The first-order valence-corrected chi connectivity index (χ1v) is 24.6. The quantitative estimate of drug-likeness (QED) is 0.100. The number of esters is 1. The summed E-state index contributed by atoms with van der Waals surface area (Å²) in [6, 6.07) is 15.8. The van der Waals surface area contributed by atoms with Crippen LogP contribution in [0.3, 0.4) is 0 Å². The summed E-state index contributed by atoms with van der Waals surface area (Å²) in [7, 11) is 0. The number of phenols is 3. The number of hydrogen-bond acceptors (Lipinski definition) is 14. The highest BCUT2D eigenvalue weighted by Crippen LogP contribution is 2.44. The van der Waals surface area contributed by atoms with Crippen LogP contribution in [0.25, 0.3) is 39.4 Å². The SMILES string of the molecule is CCNC(=O)c1nnc(-c2cc(C(C)C)c(O)cc2O)n1-c1ccc(OC2CCN(C(=O)C3CCCN3C(=O)O[C@]3(CC)C(=O)OCc4c3cc3n(c4=O)Cc4c-3nc3ccc(O)cc3c4CC)CC2)cc1. The molecule has 6 aromatic rings. The minimum absolute atomic E-state index is 0.00425. The van der Waals surface area contributed by atoms with E-state index >= 15 is 0 Å². The average Bonchev–Trinajstić information content (AvgIpc) is 4.13. The van der Waals surface area contributed by atoms with Gasteiger partial charge in [-0.2, -0.15) is 0 Å². The van der Waals surface area contributed by atoms with E-state index in [-0.39, 0.29) is 95.2 Å². The Morgan fingerprint density at radius 1 is 0.903 bits per heavy atom. The Labute approximate surface area is 414 Å². The van der Waals surface area contributed by atoms with Gasteiger partial charge < -0.3 is 44.3 Å². The molecule has 4 aliphatic heterocycles. The van der Waals surface area contributed by atoms with Crippen molar-refractivity contribution in [1.29, 1.82) is 0 Å². The number of phenolic OH excluding ortho intramolecular Hbond substituents is 3. The van der Waals surface area contributed by atoms with E-state index < -0.39 is 29.6 Å². The summed E-state index contributed by atoms with van der Waals surface area (Å²) < 4.78 is 21.4. The van der Waals surface area contributed by atoms with Gasteiger partial charge in [0.25, 0.3) is 11.5 Å². The van der Waals surface area contributed by atoms with E-state index in [1.165, 1.54) is 11.0 Å². The van der Waals surface area contributed by atoms with Crippen LogP contribution in [0.15, 0.2) is 65.5 Å².